The summed E-state index contributed by atoms with van der Waals surface area (Å²) in [4.78, 5) is 36.7. The number of ether oxygens (including phenoxy) is 1. The molecule has 8 nitrogen and oxygen atoms in total. The molecule has 0 unspecified atom stereocenters. The Morgan fingerprint density at radius 2 is 1.83 bits per heavy atom. The Labute approximate surface area is 175 Å². The third-order valence-electron chi connectivity index (χ3n) is 4.44. The van der Waals surface area contributed by atoms with E-state index in [0.29, 0.717) is 42.1 Å². The van der Waals surface area contributed by atoms with Gasteiger partial charge in [0, 0.05) is 42.0 Å². The Kier molecular flexibility index (Phi) is 8.10. The third-order valence-corrected chi connectivity index (χ3v) is 4.44. The van der Waals surface area contributed by atoms with Gasteiger partial charge in [0.1, 0.15) is 5.75 Å². The predicted molar refractivity (Wildman–Crippen MR) is 115 cm³/mol. The second-order valence-electron chi connectivity index (χ2n) is 6.43. The van der Waals surface area contributed by atoms with Crippen LogP contribution >= 0.6 is 0 Å². The Morgan fingerprint density at radius 3 is 2.40 bits per heavy atom. The van der Waals surface area contributed by atoms with Gasteiger partial charge in [-0.1, -0.05) is 6.08 Å². The van der Waals surface area contributed by atoms with Gasteiger partial charge < -0.3 is 15.0 Å². The summed E-state index contributed by atoms with van der Waals surface area (Å²) in [5.41, 5.74) is 1.61. The normalized spacial score (nSPS) is 10.2. The first-order valence-electron chi connectivity index (χ1n) is 9.59. The summed E-state index contributed by atoms with van der Waals surface area (Å²) in [6.45, 7) is 8.46. The van der Waals surface area contributed by atoms with Gasteiger partial charge in [-0.3, -0.25) is 19.7 Å². The van der Waals surface area contributed by atoms with Gasteiger partial charge in [0.25, 0.3) is 17.5 Å². The van der Waals surface area contributed by atoms with Crippen LogP contribution in [0.3, 0.4) is 0 Å². The molecule has 30 heavy (non-hydrogen) atoms. The van der Waals surface area contributed by atoms with Crippen molar-refractivity contribution in [2.24, 2.45) is 0 Å². The number of rotatable bonds is 10. The van der Waals surface area contributed by atoms with Gasteiger partial charge in [0.15, 0.2) is 6.61 Å². The van der Waals surface area contributed by atoms with Crippen molar-refractivity contribution in [1.82, 2.24) is 4.90 Å². The molecule has 0 aliphatic carbocycles. The number of anilines is 1. The number of non-ortho nitro benzene ring substituents is 1. The lowest BCUT2D eigenvalue weighted by molar-refractivity contribution is -0.384. The summed E-state index contributed by atoms with van der Waals surface area (Å²) in [6.07, 6.45) is 1.98. The zero-order valence-corrected chi connectivity index (χ0v) is 17.1. The monoisotopic (exact) mass is 411 g/mol. The first-order chi connectivity index (χ1) is 14.4. The van der Waals surface area contributed by atoms with E-state index in [-0.39, 0.29) is 24.1 Å². The van der Waals surface area contributed by atoms with E-state index in [0.717, 1.165) is 0 Å². The molecule has 0 radical (unpaired) electrons. The molecule has 2 rings (SSSR count). The number of allylic oxidation sites excluding steroid dienone is 1. The van der Waals surface area contributed by atoms with Gasteiger partial charge in [-0.2, -0.15) is 0 Å². The zero-order valence-electron chi connectivity index (χ0n) is 17.1. The van der Waals surface area contributed by atoms with Crippen LogP contribution in [0.2, 0.25) is 0 Å². The second kappa shape index (κ2) is 10.8. The number of hydrogen-bond donors (Lipinski definition) is 1. The van der Waals surface area contributed by atoms with Gasteiger partial charge in [0.2, 0.25) is 0 Å². The maximum Gasteiger partial charge on any atom is 0.269 e. The van der Waals surface area contributed by atoms with Crippen LogP contribution in [0.1, 0.15) is 29.8 Å². The van der Waals surface area contributed by atoms with Crippen molar-refractivity contribution in [3.05, 3.63) is 76.4 Å². The molecule has 2 amide bonds. The Bertz CT molecular complexity index is 921. The van der Waals surface area contributed by atoms with Gasteiger partial charge in [-0.15, -0.1) is 6.58 Å². The molecule has 0 aliphatic heterocycles. The van der Waals surface area contributed by atoms with Crippen LogP contribution in [0.4, 0.5) is 11.4 Å². The fourth-order valence-electron chi connectivity index (χ4n) is 2.87. The molecule has 0 bridgehead atoms. The summed E-state index contributed by atoms with van der Waals surface area (Å²) in [5, 5.41) is 13.6. The first kappa shape index (κ1) is 22.6. The highest BCUT2D eigenvalue weighted by Gasteiger charge is 2.14. The summed E-state index contributed by atoms with van der Waals surface area (Å²) >= 11 is 0. The van der Waals surface area contributed by atoms with E-state index in [1.54, 1.807) is 35.2 Å². The molecular weight excluding hydrogens is 386 g/mol. The highest BCUT2D eigenvalue weighted by molar-refractivity contribution is 5.96. The number of benzene rings is 2. The van der Waals surface area contributed by atoms with Gasteiger partial charge in [-0.25, -0.2) is 0 Å². The number of nitro benzene ring substituents is 1. The van der Waals surface area contributed by atoms with Gasteiger partial charge in [-0.05, 0) is 50.6 Å². The summed E-state index contributed by atoms with van der Waals surface area (Å²) in [7, 11) is 0. The van der Waals surface area contributed by atoms with Crippen LogP contribution in [0.15, 0.2) is 55.1 Å². The zero-order chi connectivity index (χ0) is 22.1. The molecule has 0 saturated heterocycles. The smallest absolute Gasteiger partial charge is 0.269 e. The number of nitrogens with zero attached hydrogens (tertiary/aromatic N) is 2. The average molecular weight is 411 g/mol. The van der Waals surface area contributed by atoms with E-state index < -0.39 is 4.92 Å². The maximum atomic E-state index is 12.3. The summed E-state index contributed by atoms with van der Waals surface area (Å²) < 4.78 is 5.54. The standard InChI is InChI=1S/C22H25N3O5/c1-4-7-17-14-19(25(28)29)12-13-20(17)30-15-21(26)23-18-10-8-16(9-11-18)22(27)24(5-2)6-3/h4,8-14H,1,5-7,15H2,2-3H3,(H,23,26). The lowest BCUT2D eigenvalue weighted by Gasteiger charge is -2.18. The van der Waals surface area contributed by atoms with Crippen LogP contribution in [-0.4, -0.2) is 41.3 Å². The number of carbonyl (C=O) groups excluding carboxylic acids is 2. The number of nitro groups is 1. The molecule has 1 N–H and O–H groups in total. The Hall–Kier alpha value is -3.68. The van der Waals surface area contributed by atoms with E-state index in [4.69, 9.17) is 4.74 Å². The van der Waals surface area contributed by atoms with E-state index >= 15 is 0 Å². The lowest BCUT2D eigenvalue weighted by atomic mass is 10.1. The third kappa shape index (κ3) is 5.91. The van der Waals surface area contributed by atoms with E-state index in [2.05, 4.69) is 11.9 Å². The van der Waals surface area contributed by atoms with Crippen molar-refractivity contribution in [2.45, 2.75) is 20.3 Å². The molecular formula is C22H25N3O5. The van der Waals surface area contributed by atoms with Crippen molar-refractivity contribution in [3.63, 3.8) is 0 Å². The topological polar surface area (TPSA) is 102 Å². The molecule has 0 aliphatic rings. The molecule has 158 valence electrons. The predicted octanol–water partition coefficient (Wildman–Crippen LogP) is 3.82. The largest absolute Gasteiger partial charge is 0.483 e. The number of nitrogens with one attached hydrogen (secondary N) is 1. The molecule has 2 aromatic carbocycles. The maximum absolute atomic E-state index is 12.3. The molecule has 0 saturated carbocycles. The summed E-state index contributed by atoms with van der Waals surface area (Å²) in [6, 6.07) is 10.8. The number of carbonyl (C=O) groups is 2. The van der Waals surface area contributed by atoms with Crippen molar-refractivity contribution < 1.29 is 19.2 Å². The number of hydrogen-bond acceptors (Lipinski definition) is 5. The van der Waals surface area contributed by atoms with Crippen LogP contribution in [0, 0.1) is 10.1 Å². The lowest BCUT2D eigenvalue weighted by Crippen LogP contribution is -2.30. The van der Waals surface area contributed by atoms with E-state index in [1.807, 2.05) is 13.8 Å². The highest BCUT2D eigenvalue weighted by Crippen LogP contribution is 2.25. The number of amides is 2. The highest BCUT2D eigenvalue weighted by atomic mass is 16.6. The fourth-order valence-corrected chi connectivity index (χ4v) is 2.87. The molecule has 0 spiro atoms. The van der Waals surface area contributed by atoms with Crippen LogP contribution in [0.25, 0.3) is 0 Å². The minimum absolute atomic E-state index is 0.0528. The quantitative estimate of drug-likeness (QED) is 0.364. The van der Waals surface area contributed by atoms with Crippen molar-refractivity contribution in [1.29, 1.82) is 0 Å². The Balaban J connectivity index is 1.99. The van der Waals surface area contributed by atoms with E-state index in [1.165, 1.54) is 18.2 Å². The molecule has 0 atom stereocenters. The molecule has 0 fully saturated rings. The molecule has 0 aromatic heterocycles. The van der Waals surface area contributed by atoms with Crippen LogP contribution in [-0.2, 0) is 11.2 Å². The SMILES string of the molecule is C=CCc1cc([N+](=O)[O-])ccc1OCC(=O)Nc1ccc(C(=O)N(CC)CC)cc1. The fraction of sp³-hybridized carbons (Fsp3) is 0.273. The Morgan fingerprint density at radius 1 is 1.17 bits per heavy atom. The molecule has 2 aromatic rings. The van der Waals surface area contributed by atoms with Gasteiger partial charge >= 0.3 is 0 Å². The molecule has 8 heteroatoms. The van der Waals surface area contributed by atoms with Crippen molar-refractivity contribution in [2.75, 3.05) is 25.0 Å². The average Bonchev–Trinajstić information content (AvgIpc) is 2.74. The summed E-state index contributed by atoms with van der Waals surface area (Å²) in [5.74, 6) is -0.0642. The first-order valence-corrected chi connectivity index (χ1v) is 9.59. The van der Waals surface area contributed by atoms with Crippen LogP contribution in [0.5, 0.6) is 5.75 Å². The van der Waals surface area contributed by atoms with Gasteiger partial charge in [0.05, 0.1) is 4.92 Å². The minimum Gasteiger partial charge on any atom is -0.483 e. The van der Waals surface area contributed by atoms with E-state index in [9.17, 15) is 19.7 Å². The minimum atomic E-state index is -0.488. The van der Waals surface area contributed by atoms with Crippen molar-refractivity contribution >= 4 is 23.2 Å². The van der Waals surface area contributed by atoms with Crippen LogP contribution < -0.4 is 10.1 Å². The van der Waals surface area contributed by atoms with Crippen molar-refractivity contribution in [3.8, 4) is 5.75 Å². The molecule has 0 heterocycles. The second-order valence-corrected chi connectivity index (χ2v) is 6.43.